The first-order valence-electron chi connectivity index (χ1n) is 4.37. The predicted octanol–water partition coefficient (Wildman–Crippen LogP) is 1.77. The monoisotopic (exact) mass is 230 g/mol. The van der Waals surface area contributed by atoms with Gasteiger partial charge in [-0.3, -0.25) is 15.5 Å². The van der Waals surface area contributed by atoms with E-state index in [0.29, 0.717) is 5.69 Å². The molecule has 1 aromatic rings. The Balaban J connectivity index is 2.91. The van der Waals surface area contributed by atoms with Crippen molar-refractivity contribution in [1.82, 2.24) is 0 Å². The maximum absolute atomic E-state index is 10.5. The quantitative estimate of drug-likeness (QED) is 0.364. The normalized spacial score (nSPS) is 9.53. The van der Waals surface area contributed by atoms with E-state index in [9.17, 15) is 10.1 Å². The number of benzene rings is 1. The molecule has 0 unspecified atom stereocenters. The minimum absolute atomic E-state index is 0.0788. The number of hydrogen-bond acceptors (Lipinski definition) is 6. The van der Waals surface area contributed by atoms with E-state index in [-0.39, 0.29) is 17.8 Å². The first-order valence-corrected chi connectivity index (χ1v) is 4.37. The van der Waals surface area contributed by atoms with Crippen LogP contribution in [-0.2, 0) is 0 Å². The summed E-state index contributed by atoms with van der Waals surface area (Å²) in [4.78, 5) is 9.88. The lowest BCUT2D eigenvalue weighted by atomic mass is 10.2. The Morgan fingerprint density at radius 2 is 2.24 bits per heavy atom. The molecule has 0 fully saturated rings. The number of non-ortho nitro benzene ring substituents is 1. The third-order valence-corrected chi connectivity index (χ3v) is 1.72. The van der Waals surface area contributed by atoms with E-state index in [2.05, 4.69) is 15.8 Å². The number of nitro benzene ring substituents is 1. The van der Waals surface area contributed by atoms with Gasteiger partial charge in [-0.15, -0.1) is 0 Å². The lowest BCUT2D eigenvalue weighted by molar-refractivity contribution is -0.384. The molecule has 0 saturated heterocycles. The summed E-state index contributed by atoms with van der Waals surface area (Å²) in [6.07, 6.45) is 0. The standard InChI is InChI=1S/C9H6N6O2/c10-3-4-12-14-13-9-2-1-8(15(16)17)5-7(9)6-11/h1-2,5H,4H2,(H,12,13). The summed E-state index contributed by atoms with van der Waals surface area (Å²) in [5.74, 6) is 0. The molecule has 0 amide bonds. The van der Waals surface area contributed by atoms with Crippen LogP contribution in [0.15, 0.2) is 28.5 Å². The minimum Gasteiger partial charge on any atom is -0.259 e. The van der Waals surface area contributed by atoms with Crippen LogP contribution in [0.25, 0.3) is 0 Å². The number of nitro groups is 1. The first kappa shape index (κ1) is 12.1. The van der Waals surface area contributed by atoms with E-state index in [1.54, 1.807) is 12.1 Å². The second-order valence-electron chi connectivity index (χ2n) is 2.77. The molecule has 84 valence electrons. The second kappa shape index (κ2) is 5.78. The van der Waals surface area contributed by atoms with Gasteiger partial charge in [-0.25, -0.2) is 0 Å². The van der Waals surface area contributed by atoms with Crippen LogP contribution < -0.4 is 5.43 Å². The molecule has 0 aliphatic heterocycles. The Labute approximate surface area is 95.9 Å². The fourth-order valence-electron chi connectivity index (χ4n) is 0.992. The molecule has 0 heterocycles. The SMILES string of the molecule is N#CCN=NNc1ccc([N+](=O)[O-])cc1C#N. The van der Waals surface area contributed by atoms with E-state index >= 15 is 0 Å². The second-order valence-corrected chi connectivity index (χ2v) is 2.77. The van der Waals surface area contributed by atoms with Crippen molar-refractivity contribution in [3.63, 3.8) is 0 Å². The number of nitrogens with one attached hydrogen (secondary N) is 1. The van der Waals surface area contributed by atoms with Gasteiger partial charge in [0.25, 0.3) is 5.69 Å². The average molecular weight is 230 g/mol. The van der Waals surface area contributed by atoms with Gasteiger partial charge in [0.2, 0.25) is 0 Å². The van der Waals surface area contributed by atoms with Crippen molar-refractivity contribution in [1.29, 1.82) is 10.5 Å². The predicted molar refractivity (Wildman–Crippen MR) is 56.8 cm³/mol. The van der Waals surface area contributed by atoms with E-state index < -0.39 is 4.92 Å². The lowest BCUT2D eigenvalue weighted by Crippen LogP contribution is -1.94. The highest BCUT2D eigenvalue weighted by atomic mass is 16.6. The molecule has 0 bridgehead atoms. The summed E-state index contributed by atoms with van der Waals surface area (Å²) < 4.78 is 0. The molecule has 1 N–H and O–H groups in total. The summed E-state index contributed by atoms with van der Waals surface area (Å²) >= 11 is 0. The topological polar surface area (TPSA) is 127 Å². The van der Waals surface area contributed by atoms with Crippen molar-refractivity contribution in [3.8, 4) is 12.1 Å². The Morgan fingerprint density at radius 3 is 2.82 bits per heavy atom. The number of nitriles is 2. The van der Waals surface area contributed by atoms with Crippen LogP contribution in [0.1, 0.15) is 5.56 Å². The molecule has 0 saturated carbocycles. The Morgan fingerprint density at radius 1 is 1.47 bits per heavy atom. The van der Waals surface area contributed by atoms with Crippen molar-refractivity contribution < 1.29 is 4.92 Å². The molecule has 8 heteroatoms. The van der Waals surface area contributed by atoms with Gasteiger partial charge in [-0.05, 0) is 6.07 Å². The fourth-order valence-corrected chi connectivity index (χ4v) is 0.992. The highest BCUT2D eigenvalue weighted by Gasteiger charge is 2.09. The van der Waals surface area contributed by atoms with Gasteiger partial charge in [0.1, 0.15) is 12.6 Å². The van der Waals surface area contributed by atoms with Gasteiger partial charge in [0, 0.05) is 12.1 Å². The van der Waals surface area contributed by atoms with Crippen LogP contribution in [-0.4, -0.2) is 11.5 Å². The number of anilines is 1. The van der Waals surface area contributed by atoms with Crippen molar-refractivity contribution in [2.45, 2.75) is 0 Å². The molecular weight excluding hydrogens is 224 g/mol. The highest BCUT2D eigenvalue weighted by Crippen LogP contribution is 2.21. The van der Waals surface area contributed by atoms with Crippen molar-refractivity contribution in [3.05, 3.63) is 33.9 Å². The van der Waals surface area contributed by atoms with Gasteiger partial charge in [0.05, 0.1) is 22.2 Å². The van der Waals surface area contributed by atoms with Crippen LogP contribution in [0, 0.1) is 32.8 Å². The van der Waals surface area contributed by atoms with Gasteiger partial charge in [-0.1, -0.05) is 5.22 Å². The molecule has 1 aromatic carbocycles. The van der Waals surface area contributed by atoms with Crippen LogP contribution in [0.3, 0.4) is 0 Å². The molecular formula is C9H6N6O2. The summed E-state index contributed by atoms with van der Waals surface area (Å²) in [6.45, 7) is -0.109. The van der Waals surface area contributed by atoms with Crippen LogP contribution in [0.5, 0.6) is 0 Å². The van der Waals surface area contributed by atoms with E-state index in [0.717, 1.165) is 6.07 Å². The molecule has 0 atom stereocenters. The summed E-state index contributed by atoms with van der Waals surface area (Å²) in [7, 11) is 0. The van der Waals surface area contributed by atoms with Crippen LogP contribution in [0.2, 0.25) is 0 Å². The molecule has 0 spiro atoms. The smallest absolute Gasteiger partial charge is 0.259 e. The van der Waals surface area contributed by atoms with E-state index in [1.807, 2.05) is 0 Å². The van der Waals surface area contributed by atoms with E-state index in [4.69, 9.17) is 10.5 Å². The van der Waals surface area contributed by atoms with Gasteiger partial charge >= 0.3 is 0 Å². The molecule has 0 radical (unpaired) electrons. The summed E-state index contributed by atoms with van der Waals surface area (Å²) in [5.41, 5.74) is 2.62. The molecule has 8 nitrogen and oxygen atoms in total. The first-order chi connectivity index (χ1) is 8.19. The van der Waals surface area contributed by atoms with Gasteiger partial charge < -0.3 is 0 Å². The Hall–Kier alpha value is -3.00. The molecule has 17 heavy (non-hydrogen) atoms. The van der Waals surface area contributed by atoms with Crippen LogP contribution >= 0.6 is 0 Å². The highest BCUT2D eigenvalue weighted by molar-refractivity contribution is 5.60. The lowest BCUT2D eigenvalue weighted by Gasteiger charge is -2.00. The summed E-state index contributed by atoms with van der Waals surface area (Å²) in [6, 6.07) is 7.27. The number of hydrogen-bond donors (Lipinski definition) is 1. The number of rotatable bonds is 4. The van der Waals surface area contributed by atoms with E-state index in [1.165, 1.54) is 12.1 Å². The maximum Gasteiger partial charge on any atom is 0.270 e. The van der Waals surface area contributed by atoms with Crippen molar-refractivity contribution in [2.75, 3.05) is 12.0 Å². The van der Waals surface area contributed by atoms with Crippen molar-refractivity contribution >= 4 is 11.4 Å². The fraction of sp³-hybridized carbons (Fsp3) is 0.111. The Kier molecular flexibility index (Phi) is 4.10. The minimum atomic E-state index is -0.595. The summed E-state index contributed by atoms with van der Waals surface area (Å²) in [5, 5.41) is 34.3. The molecule has 0 aliphatic carbocycles. The zero-order valence-electron chi connectivity index (χ0n) is 8.49. The number of nitrogens with zero attached hydrogens (tertiary/aromatic N) is 5. The third kappa shape index (κ3) is 3.25. The Bertz CT molecular complexity index is 539. The third-order valence-electron chi connectivity index (χ3n) is 1.72. The van der Waals surface area contributed by atoms with Gasteiger partial charge in [0.15, 0.2) is 0 Å². The average Bonchev–Trinajstić information content (AvgIpc) is 2.34. The van der Waals surface area contributed by atoms with Crippen LogP contribution in [0.4, 0.5) is 11.4 Å². The molecule has 1 rings (SSSR count). The van der Waals surface area contributed by atoms with Crippen molar-refractivity contribution in [2.24, 2.45) is 10.3 Å². The largest absolute Gasteiger partial charge is 0.270 e. The van der Waals surface area contributed by atoms with Gasteiger partial charge in [-0.2, -0.15) is 15.6 Å². The molecule has 0 aromatic heterocycles. The maximum atomic E-state index is 10.5. The molecule has 0 aliphatic rings. The zero-order valence-corrected chi connectivity index (χ0v) is 8.49. The zero-order chi connectivity index (χ0) is 12.7.